The van der Waals surface area contributed by atoms with Gasteiger partial charge >= 0.3 is 0 Å². The number of aromatic nitrogens is 3. The van der Waals surface area contributed by atoms with Crippen LogP contribution in [-0.2, 0) is 11.3 Å². The maximum Gasteiger partial charge on any atom is 0.263 e. The number of pyridine rings is 1. The number of nitrogens with one attached hydrogen (secondary N) is 2. The number of rotatable bonds is 6. The molecule has 0 bridgehead atoms. The van der Waals surface area contributed by atoms with Gasteiger partial charge in [-0.05, 0) is 19.3 Å². The fourth-order valence-corrected chi connectivity index (χ4v) is 4.95. The van der Waals surface area contributed by atoms with Crippen molar-refractivity contribution in [2.24, 2.45) is 5.92 Å². The number of hydrogen-bond donors (Lipinski definition) is 3. The fourth-order valence-electron chi connectivity index (χ4n) is 4.95. The van der Waals surface area contributed by atoms with Crippen LogP contribution in [-0.4, -0.2) is 69.9 Å². The molecular weight excluding hydrogens is 458 g/mol. The van der Waals surface area contributed by atoms with Gasteiger partial charge in [0.2, 0.25) is 5.91 Å². The van der Waals surface area contributed by atoms with Crippen LogP contribution in [0.3, 0.4) is 0 Å². The van der Waals surface area contributed by atoms with Crippen LogP contribution in [0.5, 0.6) is 0 Å². The van der Waals surface area contributed by atoms with Crippen molar-refractivity contribution in [2.75, 3.05) is 54.0 Å². The normalized spacial score (nSPS) is 21.9. The van der Waals surface area contributed by atoms with Gasteiger partial charge in [-0.3, -0.25) is 14.6 Å². The zero-order valence-corrected chi connectivity index (χ0v) is 19.7. The molecule has 2 aromatic rings. The summed E-state index contributed by atoms with van der Waals surface area (Å²) in [5.41, 5.74) is 5.04. The van der Waals surface area contributed by atoms with Gasteiger partial charge in [0.05, 0.1) is 31.2 Å². The van der Waals surface area contributed by atoms with Crippen LogP contribution in [0.25, 0.3) is 0 Å². The number of carbonyl (C=O) groups excluding carboxylic acids is 2. The van der Waals surface area contributed by atoms with E-state index in [0.29, 0.717) is 44.8 Å². The predicted molar refractivity (Wildman–Crippen MR) is 128 cm³/mol. The molecule has 2 fully saturated rings. The number of nitrogens with two attached hydrogens (primary N) is 1. The van der Waals surface area contributed by atoms with Crippen molar-refractivity contribution in [1.82, 2.24) is 19.7 Å². The third-order valence-corrected chi connectivity index (χ3v) is 6.87. The number of halogens is 2. The van der Waals surface area contributed by atoms with Gasteiger partial charge in [0.25, 0.3) is 5.91 Å². The van der Waals surface area contributed by atoms with Crippen LogP contribution in [0.2, 0.25) is 0 Å². The summed E-state index contributed by atoms with van der Waals surface area (Å²) in [6, 6.07) is 0. The lowest BCUT2D eigenvalue weighted by atomic mass is 9.98. The van der Waals surface area contributed by atoms with E-state index >= 15 is 4.39 Å². The molecule has 188 valence electrons. The molecule has 0 radical (unpaired) electrons. The highest BCUT2D eigenvalue weighted by Gasteiger charge is 2.38. The molecule has 2 aliphatic heterocycles. The molecule has 10 nitrogen and oxygen atoms in total. The number of nitrogen functional groups attached to an aromatic ring is 1. The number of amides is 2. The van der Waals surface area contributed by atoms with Crippen LogP contribution >= 0.6 is 0 Å². The van der Waals surface area contributed by atoms with Gasteiger partial charge < -0.3 is 26.2 Å². The van der Waals surface area contributed by atoms with Crippen molar-refractivity contribution in [3.63, 3.8) is 0 Å². The molecule has 1 saturated carbocycles. The largest absolute Gasteiger partial charge is 0.381 e. The minimum Gasteiger partial charge on any atom is -0.381 e. The predicted octanol–water partition coefficient (Wildman–Crippen LogP) is 2.24. The third kappa shape index (κ3) is 4.48. The van der Waals surface area contributed by atoms with Crippen molar-refractivity contribution < 1.29 is 18.4 Å². The van der Waals surface area contributed by atoms with Crippen LogP contribution < -0.4 is 21.3 Å². The Hall–Kier alpha value is -3.44. The maximum atomic E-state index is 15.0. The summed E-state index contributed by atoms with van der Waals surface area (Å²) in [5.74, 6) is -0.562. The number of anilines is 4. The van der Waals surface area contributed by atoms with Gasteiger partial charge in [-0.25, -0.2) is 13.5 Å². The molecule has 1 unspecified atom stereocenters. The monoisotopic (exact) mass is 488 g/mol. The number of hydrogen-bond acceptors (Lipinski definition) is 7. The van der Waals surface area contributed by atoms with Gasteiger partial charge in [-0.2, -0.15) is 5.10 Å². The summed E-state index contributed by atoms with van der Waals surface area (Å²) in [5, 5.41) is 9.84. The Morgan fingerprint density at radius 1 is 1.26 bits per heavy atom. The number of piperazine rings is 1. The Kier molecular flexibility index (Phi) is 5.97. The molecule has 35 heavy (non-hydrogen) atoms. The van der Waals surface area contributed by atoms with Crippen molar-refractivity contribution in [1.29, 1.82) is 0 Å². The SMILES string of the molecule is CCCC1(F)CNc2c(C(=O)Nc3cncc(F)c3N3CCN(C(=O)C4CC4)CC3)c(N)nn2C1. The number of alkyl halides is 1. The maximum absolute atomic E-state index is 15.0. The lowest BCUT2D eigenvalue weighted by Gasteiger charge is -2.37. The fraction of sp³-hybridized carbons (Fsp3) is 0.565. The molecule has 1 saturated heterocycles. The molecule has 1 atom stereocenters. The highest BCUT2D eigenvalue weighted by molar-refractivity contribution is 6.12. The molecule has 5 rings (SSSR count). The van der Waals surface area contributed by atoms with Crippen molar-refractivity contribution in [2.45, 2.75) is 44.8 Å². The molecule has 4 heterocycles. The van der Waals surface area contributed by atoms with E-state index < -0.39 is 17.4 Å². The highest BCUT2D eigenvalue weighted by atomic mass is 19.1. The van der Waals surface area contributed by atoms with E-state index in [0.717, 1.165) is 19.0 Å². The standard InChI is InChI=1S/C23H30F2N8O2/c1-2-5-23(25)12-28-20-17(19(26)30-33(20)13-23)21(34)29-16-11-27-10-15(24)18(16)31-6-8-32(9-7-31)22(35)14-3-4-14/h10-11,14,28H,2-9,12-13H2,1H3,(H2,26,30)(H,29,34). The average molecular weight is 489 g/mol. The van der Waals surface area contributed by atoms with E-state index in [2.05, 4.69) is 20.7 Å². The van der Waals surface area contributed by atoms with Gasteiger partial charge in [0, 0.05) is 32.1 Å². The minimum atomic E-state index is -1.48. The van der Waals surface area contributed by atoms with E-state index in [1.807, 2.05) is 11.8 Å². The molecule has 4 N–H and O–H groups in total. The first-order valence-electron chi connectivity index (χ1n) is 12.1. The van der Waals surface area contributed by atoms with Crippen LogP contribution in [0.15, 0.2) is 12.4 Å². The van der Waals surface area contributed by atoms with Crippen LogP contribution in [0, 0.1) is 11.7 Å². The molecule has 0 aromatic carbocycles. The lowest BCUT2D eigenvalue weighted by Crippen LogP contribution is -2.49. The summed E-state index contributed by atoms with van der Waals surface area (Å²) < 4.78 is 31.3. The van der Waals surface area contributed by atoms with Crippen molar-refractivity contribution in [3.8, 4) is 0 Å². The highest BCUT2D eigenvalue weighted by Crippen LogP contribution is 2.35. The Balaban J connectivity index is 1.34. The topological polar surface area (TPSA) is 121 Å². The Morgan fingerprint density at radius 3 is 2.69 bits per heavy atom. The summed E-state index contributed by atoms with van der Waals surface area (Å²) in [6.07, 6.45) is 5.39. The number of carbonyl (C=O) groups is 2. The van der Waals surface area contributed by atoms with Crippen molar-refractivity contribution >= 4 is 34.8 Å². The average Bonchev–Trinajstić information content (AvgIpc) is 3.61. The summed E-state index contributed by atoms with van der Waals surface area (Å²) >= 11 is 0. The summed E-state index contributed by atoms with van der Waals surface area (Å²) in [7, 11) is 0. The van der Waals surface area contributed by atoms with E-state index in [4.69, 9.17) is 5.73 Å². The van der Waals surface area contributed by atoms with E-state index in [1.54, 1.807) is 4.90 Å². The van der Waals surface area contributed by atoms with Gasteiger partial charge in [0.15, 0.2) is 11.6 Å². The molecule has 0 spiro atoms. The second kappa shape index (κ2) is 8.97. The smallest absolute Gasteiger partial charge is 0.263 e. The van der Waals surface area contributed by atoms with Crippen LogP contribution in [0.1, 0.15) is 43.0 Å². The zero-order chi connectivity index (χ0) is 24.7. The quantitative estimate of drug-likeness (QED) is 0.570. The zero-order valence-electron chi connectivity index (χ0n) is 19.7. The van der Waals surface area contributed by atoms with E-state index in [-0.39, 0.29) is 47.7 Å². The molecule has 3 aliphatic rings. The molecular formula is C23H30F2N8O2. The van der Waals surface area contributed by atoms with Gasteiger partial charge in [-0.1, -0.05) is 13.3 Å². The molecule has 1 aliphatic carbocycles. The molecule has 2 aromatic heterocycles. The Labute approximate surface area is 201 Å². The first-order valence-corrected chi connectivity index (χ1v) is 12.1. The second-order valence-electron chi connectivity index (χ2n) is 9.58. The van der Waals surface area contributed by atoms with E-state index in [1.165, 1.54) is 10.9 Å². The summed E-state index contributed by atoms with van der Waals surface area (Å²) in [4.78, 5) is 33.1. The van der Waals surface area contributed by atoms with E-state index in [9.17, 15) is 14.0 Å². The van der Waals surface area contributed by atoms with Crippen molar-refractivity contribution in [3.05, 3.63) is 23.8 Å². The first-order chi connectivity index (χ1) is 16.8. The third-order valence-electron chi connectivity index (χ3n) is 6.87. The first kappa shape index (κ1) is 23.3. The number of fused-ring (bicyclic) bond motifs is 1. The molecule has 12 heteroatoms. The Bertz CT molecular complexity index is 1140. The van der Waals surface area contributed by atoms with Gasteiger partial charge in [0.1, 0.15) is 22.7 Å². The lowest BCUT2D eigenvalue weighted by molar-refractivity contribution is -0.132. The van der Waals surface area contributed by atoms with Gasteiger partial charge in [-0.15, -0.1) is 0 Å². The minimum absolute atomic E-state index is 0.00270. The summed E-state index contributed by atoms with van der Waals surface area (Å²) in [6.45, 7) is 3.79. The number of nitrogens with zero attached hydrogens (tertiary/aromatic N) is 5. The van der Waals surface area contributed by atoms with Crippen LogP contribution in [0.4, 0.5) is 31.8 Å². The second-order valence-corrected chi connectivity index (χ2v) is 9.58. The molecule has 2 amide bonds. The Morgan fingerprint density at radius 2 is 2.00 bits per heavy atom.